The van der Waals surface area contributed by atoms with Gasteiger partial charge in [-0.25, -0.2) is 0 Å². The molecule has 0 spiro atoms. The van der Waals surface area contributed by atoms with E-state index in [1.807, 2.05) is 6.08 Å². The third kappa shape index (κ3) is 2.25. The standard InChI is InChI=1S/C21H32OS2/c1-19-9-8-17-16(18(19)21(23-3,24-4)12-11-19)6-5-14-13-15(22)7-10-20(14,17)2/h13,16-18H,5-12H2,1-4H3/t16-,17+,18+,19-,20+/m1/s1. The fourth-order valence-corrected chi connectivity index (χ4v) is 9.84. The zero-order chi connectivity index (χ0) is 17.2. The number of carbonyl (C=O) groups excluding carboxylic acids is 1. The molecule has 0 radical (unpaired) electrons. The Morgan fingerprint density at radius 1 is 1.00 bits per heavy atom. The maximum atomic E-state index is 12.0. The Kier molecular flexibility index (Phi) is 4.24. The van der Waals surface area contributed by atoms with Crippen LogP contribution in [0, 0.1) is 28.6 Å². The van der Waals surface area contributed by atoms with Crippen LogP contribution in [0.15, 0.2) is 11.6 Å². The van der Waals surface area contributed by atoms with Crippen molar-refractivity contribution in [3.8, 4) is 0 Å². The minimum atomic E-state index is 0.309. The van der Waals surface area contributed by atoms with Gasteiger partial charge in [0.1, 0.15) is 0 Å². The van der Waals surface area contributed by atoms with E-state index in [9.17, 15) is 4.79 Å². The van der Waals surface area contributed by atoms with Crippen LogP contribution < -0.4 is 0 Å². The van der Waals surface area contributed by atoms with Crippen LogP contribution in [0.25, 0.3) is 0 Å². The van der Waals surface area contributed by atoms with Gasteiger partial charge >= 0.3 is 0 Å². The fourth-order valence-electron chi connectivity index (χ4n) is 7.14. The molecule has 0 saturated heterocycles. The average Bonchev–Trinajstić information content (AvgIpc) is 2.89. The third-order valence-electron chi connectivity index (χ3n) is 8.46. The van der Waals surface area contributed by atoms with E-state index in [0.29, 0.717) is 20.7 Å². The van der Waals surface area contributed by atoms with Gasteiger partial charge in [0.05, 0.1) is 4.08 Å². The predicted molar refractivity (Wildman–Crippen MR) is 106 cm³/mol. The summed E-state index contributed by atoms with van der Waals surface area (Å²) < 4.78 is 0.431. The molecule has 5 atom stereocenters. The van der Waals surface area contributed by atoms with Crippen LogP contribution in [-0.4, -0.2) is 22.4 Å². The molecule has 0 unspecified atom stereocenters. The molecule has 4 aliphatic carbocycles. The lowest BCUT2D eigenvalue weighted by Gasteiger charge is -2.59. The van der Waals surface area contributed by atoms with Crippen molar-refractivity contribution >= 4 is 29.3 Å². The van der Waals surface area contributed by atoms with Gasteiger partial charge in [0.25, 0.3) is 0 Å². The first-order valence-corrected chi connectivity index (χ1v) is 12.2. The molecule has 0 bridgehead atoms. The summed E-state index contributed by atoms with van der Waals surface area (Å²) in [6.45, 7) is 5.10. The van der Waals surface area contributed by atoms with Gasteiger partial charge in [0.2, 0.25) is 0 Å². The summed E-state index contributed by atoms with van der Waals surface area (Å²) in [7, 11) is 0. The summed E-state index contributed by atoms with van der Waals surface area (Å²) in [5, 5.41) is 0. The first-order valence-electron chi connectivity index (χ1n) is 9.73. The summed E-state index contributed by atoms with van der Waals surface area (Å²) >= 11 is 4.29. The first kappa shape index (κ1) is 17.5. The molecule has 4 aliphatic rings. The number of thioether (sulfide) groups is 2. The van der Waals surface area contributed by atoms with E-state index >= 15 is 0 Å². The molecule has 0 aromatic rings. The van der Waals surface area contributed by atoms with Crippen molar-refractivity contribution in [2.24, 2.45) is 28.6 Å². The Labute approximate surface area is 156 Å². The van der Waals surface area contributed by atoms with E-state index < -0.39 is 0 Å². The minimum Gasteiger partial charge on any atom is -0.295 e. The highest BCUT2D eigenvalue weighted by Crippen LogP contribution is 2.71. The summed E-state index contributed by atoms with van der Waals surface area (Å²) in [5.74, 6) is 2.90. The van der Waals surface area contributed by atoms with E-state index in [0.717, 1.165) is 30.6 Å². The molecule has 3 saturated carbocycles. The molecule has 24 heavy (non-hydrogen) atoms. The highest BCUT2D eigenvalue weighted by molar-refractivity contribution is 8.17. The molecule has 3 heteroatoms. The van der Waals surface area contributed by atoms with Crippen LogP contribution in [0.3, 0.4) is 0 Å². The lowest BCUT2D eigenvalue weighted by molar-refractivity contribution is -0.117. The normalized spacial score (nSPS) is 46.8. The number of allylic oxidation sites excluding steroid dienone is 1. The predicted octanol–water partition coefficient (Wildman–Crippen LogP) is 5.94. The zero-order valence-electron chi connectivity index (χ0n) is 15.7. The molecule has 4 rings (SSSR count). The van der Waals surface area contributed by atoms with Gasteiger partial charge in [-0.2, -0.15) is 0 Å². The highest BCUT2D eigenvalue weighted by atomic mass is 32.2. The smallest absolute Gasteiger partial charge is 0.155 e. The van der Waals surface area contributed by atoms with Gasteiger partial charge in [-0.15, -0.1) is 23.5 Å². The van der Waals surface area contributed by atoms with Crippen LogP contribution in [0.4, 0.5) is 0 Å². The molecule has 0 aromatic carbocycles. The third-order valence-corrected chi connectivity index (χ3v) is 11.8. The molecule has 1 nitrogen and oxygen atoms in total. The van der Waals surface area contributed by atoms with E-state index in [2.05, 4.69) is 49.9 Å². The summed E-state index contributed by atoms with van der Waals surface area (Å²) in [6, 6.07) is 0. The monoisotopic (exact) mass is 364 g/mol. The number of rotatable bonds is 2. The van der Waals surface area contributed by atoms with Crippen LogP contribution in [-0.2, 0) is 4.79 Å². The average molecular weight is 365 g/mol. The number of carbonyl (C=O) groups is 1. The van der Waals surface area contributed by atoms with Gasteiger partial charge < -0.3 is 0 Å². The summed E-state index contributed by atoms with van der Waals surface area (Å²) in [4.78, 5) is 12.0. The molecule has 0 heterocycles. The molecule has 0 amide bonds. The maximum absolute atomic E-state index is 12.0. The Morgan fingerprint density at radius 2 is 1.75 bits per heavy atom. The second-order valence-corrected chi connectivity index (χ2v) is 11.8. The van der Waals surface area contributed by atoms with E-state index in [-0.39, 0.29) is 0 Å². The topological polar surface area (TPSA) is 17.1 Å². The number of ketones is 1. The van der Waals surface area contributed by atoms with E-state index in [1.165, 1.54) is 44.1 Å². The molecule has 0 aliphatic heterocycles. The van der Waals surface area contributed by atoms with Gasteiger partial charge in [-0.1, -0.05) is 19.4 Å². The highest BCUT2D eigenvalue weighted by Gasteiger charge is 2.63. The van der Waals surface area contributed by atoms with Crippen LogP contribution in [0.2, 0.25) is 0 Å². The minimum absolute atomic E-state index is 0.309. The number of fused-ring (bicyclic) bond motifs is 5. The summed E-state index contributed by atoms with van der Waals surface area (Å²) in [6.07, 6.45) is 16.7. The van der Waals surface area contributed by atoms with Crippen molar-refractivity contribution in [2.45, 2.75) is 69.3 Å². The Morgan fingerprint density at radius 3 is 2.46 bits per heavy atom. The van der Waals surface area contributed by atoms with E-state index in [1.54, 1.807) is 0 Å². The number of hydrogen-bond donors (Lipinski definition) is 0. The van der Waals surface area contributed by atoms with Gasteiger partial charge in [0, 0.05) is 6.42 Å². The lowest BCUT2D eigenvalue weighted by atomic mass is 9.47. The zero-order valence-corrected chi connectivity index (χ0v) is 17.3. The van der Waals surface area contributed by atoms with Crippen molar-refractivity contribution in [3.05, 3.63) is 11.6 Å². The quantitative estimate of drug-likeness (QED) is 0.564. The molecule has 134 valence electrons. The van der Waals surface area contributed by atoms with Crippen molar-refractivity contribution in [3.63, 3.8) is 0 Å². The van der Waals surface area contributed by atoms with Crippen LogP contribution in [0.1, 0.15) is 65.2 Å². The Bertz CT molecular complexity index is 578. The Balaban J connectivity index is 1.74. The second-order valence-electron chi connectivity index (χ2n) is 9.25. The van der Waals surface area contributed by atoms with Crippen molar-refractivity contribution in [1.29, 1.82) is 0 Å². The van der Waals surface area contributed by atoms with Crippen molar-refractivity contribution < 1.29 is 4.79 Å². The fraction of sp³-hybridized carbons (Fsp3) is 0.857. The lowest BCUT2D eigenvalue weighted by Crippen LogP contribution is -2.53. The molecule has 3 fully saturated rings. The largest absolute Gasteiger partial charge is 0.295 e. The van der Waals surface area contributed by atoms with Gasteiger partial charge in [0.15, 0.2) is 5.78 Å². The summed E-state index contributed by atoms with van der Waals surface area (Å²) in [5.41, 5.74) is 2.36. The van der Waals surface area contributed by atoms with E-state index in [4.69, 9.17) is 0 Å². The number of hydrogen-bond acceptors (Lipinski definition) is 3. The maximum Gasteiger partial charge on any atom is 0.155 e. The second kappa shape index (κ2) is 5.81. The van der Waals surface area contributed by atoms with Crippen molar-refractivity contribution in [2.75, 3.05) is 12.5 Å². The molecule has 0 aromatic heterocycles. The van der Waals surface area contributed by atoms with Crippen LogP contribution >= 0.6 is 23.5 Å². The van der Waals surface area contributed by atoms with Gasteiger partial charge in [-0.3, -0.25) is 4.79 Å². The van der Waals surface area contributed by atoms with Gasteiger partial charge in [-0.05, 0) is 92.1 Å². The van der Waals surface area contributed by atoms with Crippen LogP contribution in [0.5, 0.6) is 0 Å². The molecule has 0 N–H and O–H groups in total. The molecular weight excluding hydrogens is 332 g/mol. The SMILES string of the molecule is CSC1(SC)CC[C@@]2(C)CC[C@H]3[C@@H](CCC4=CC(=O)CC[C@@]43C)[C@H]12. The molecular formula is C21H32OS2. The first-order chi connectivity index (χ1) is 11.4. The Hall–Kier alpha value is 0.110. The van der Waals surface area contributed by atoms with Crippen molar-refractivity contribution in [1.82, 2.24) is 0 Å².